The highest BCUT2D eigenvalue weighted by molar-refractivity contribution is 5.85. The number of aliphatic imine (C=N–C) groups is 1. The van der Waals surface area contributed by atoms with Gasteiger partial charge in [-0.1, -0.05) is 110 Å². The topological polar surface area (TPSA) is 15.6 Å². The minimum absolute atomic E-state index is 0.792. The fraction of sp³-hybridized carbons (Fsp3) is 0.962. The normalized spacial score (nSPS) is 19.5. The minimum Gasteiger partial charge on any atom is -0.360 e. The first-order valence-electron chi connectivity index (χ1n) is 13.2. The van der Waals surface area contributed by atoms with Crippen LogP contribution in [0, 0.1) is 5.92 Å². The monoisotopic (exact) mass is 390 g/mol. The van der Waals surface area contributed by atoms with E-state index in [2.05, 4.69) is 11.8 Å². The summed E-state index contributed by atoms with van der Waals surface area (Å²) < 4.78 is 0. The first-order valence-corrected chi connectivity index (χ1v) is 13.2. The van der Waals surface area contributed by atoms with Crippen molar-refractivity contribution >= 4 is 5.84 Å². The van der Waals surface area contributed by atoms with E-state index in [4.69, 9.17) is 4.99 Å². The van der Waals surface area contributed by atoms with Gasteiger partial charge in [-0.3, -0.25) is 4.99 Å². The van der Waals surface area contributed by atoms with Crippen LogP contribution in [0.1, 0.15) is 135 Å². The lowest BCUT2D eigenvalue weighted by Gasteiger charge is -2.38. The van der Waals surface area contributed by atoms with E-state index in [1.54, 1.807) is 0 Å². The second-order valence-electron chi connectivity index (χ2n) is 9.51. The second-order valence-corrected chi connectivity index (χ2v) is 9.51. The Morgan fingerprint density at radius 1 is 0.679 bits per heavy atom. The van der Waals surface area contributed by atoms with Gasteiger partial charge in [0.25, 0.3) is 0 Å². The van der Waals surface area contributed by atoms with E-state index in [1.165, 1.54) is 147 Å². The molecular weight excluding hydrogens is 340 g/mol. The molecule has 1 atom stereocenters. The molecule has 1 saturated heterocycles. The van der Waals surface area contributed by atoms with Gasteiger partial charge in [0.05, 0.1) is 0 Å². The molecule has 0 aliphatic carbocycles. The molecule has 0 radical (unpaired) electrons. The zero-order valence-electron chi connectivity index (χ0n) is 19.2. The number of hydrogen-bond acceptors (Lipinski definition) is 2. The van der Waals surface area contributed by atoms with E-state index < -0.39 is 0 Å². The average molecular weight is 391 g/mol. The van der Waals surface area contributed by atoms with E-state index >= 15 is 0 Å². The first kappa shape index (κ1) is 23.7. The molecule has 2 aliphatic heterocycles. The van der Waals surface area contributed by atoms with Crippen molar-refractivity contribution in [3.05, 3.63) is 0 Å². The van der Waals surface area contributed by atoms with Gasteiger partial charge < -0.3 is 4.90 Å². The Kier molecular flexibility index (Phi) is 13.8. The summed E-state index contributed by atoms with van der Waals surface area (Å²) in [5.74, 6) is 2.28. The maximum atomic E-state index is 4.87. The fourth-order valence-corrected chi connectivity index (χ4v) is 5.15. The molecule has 2 heteroatoms. The lowest BCUT2D eigenvalue weighted by molar-refractivity contribution is 0.302. The molecule has 0 amide bonds. The zero-order valence-corrected chi connectivity index (χ0v) is 19.2. The molecule has 1 fully saturated rings. The molecule has 0 aromatic carbocycles. The van der Waals surface area contributed by atoms with Crippen LogP contribution >= 0.6 is 0 Å². The molecule has 2 nitrogen and oxygen atoms in total. The van der Waals surface area contributed by atoms with Crippen molar-refractivity contribution in [1.29, 1.82) is 0 Å². The van der Waals surface area contributed by atoms with Gasteiger partial charge in [-0.25, -0.2) is 0 Å². The van der Waals surface area contributed by atoms with Crippen molar-refractivity contribution in [2.75, 3.05) is 19.6 Å². The van der Waals surface area contributed by atoms with E-state index in [0.717, 1.165) is 12.5 Å². The summed E-state index contributed by atoms with van der Waals surface area (Å²) in [6.07, 6.45) is 28.8. The molecule has 0 aromatic heterocycles. The van der Waals surface area contributed by atoms with Crippen LogP contribution in [0.2, 0.25) is 0 Å². The Morgan fingerprint density at radius 3 is 1.75 bits per heavy atom. The van der Waals surface area contributed by atoms with Crippen LogP contribution in [-0.4, -0.2) is 30.4 Å². The van der Waals surface area contributed by atoms with Crippen molar-refractivity contribution in [3.63, 3.8) is 0 Å². The molecule has 0 bridgehead atoms. The predicted octanol–water partition coefficient (Wildman–Crippen LogP) is 8.15. The van der Waals surface area contributed by atoms with Crippen molar-refractivity contribution in [1.82, 2.24) is 4.90 Å². The van der Waals surface area contributed by atoms with Crippen molar-refractivity contribution in [2.45, 2.75) is 135 Å². The SMILES string of the molecule is CCCCCCCCCCCCCCCCCCC1CCCN2CCCN=C12. The summed E-state index contributed by atoms with van der Waals surface area (Å²) in [7, 11) is 0. The average Bonchev–Trinajstić information content (AvgIpc) is 2.73. The maximum absolute atomic E-state index is 4.87. The van der Waals surface area contributed by atoms with Gasteiger partial charge in [0, 0.05) is 25.6 Å². The third-order valence-electron chi connectivity index (χ3n) is 6.94. The number of unbranched alkanes of at least 4 members (excludes halogenated alkanes) is 15. The van der Waals surface area contributed by atoms with E-state index in [0.29, 0.717) is 0 Å². The maximum Gasteiger partial charge on any atom is 0.102 e. The van der Waals surface area contributed by atoms with Gasteiger partial charge in [-0.2, -0.15) is 0 Å². The lowest BCUT2D eigenvalue weighted by atomic mass is 9.90. The third-order valence-corrected chi connectivity index (χ3v) is 6.94. The van der Waals surface area contributed by atoms with Crippen molar-refractivity contribution < 1.29 is 0 Å². The molecule has 0 aromatic rings. The first-order chi connectivity index (χ1) is 13.9. The predicted molar refractivity (Wildman–Crippen MR) is 125 cm³/mol. The summed E-state index contributed by atoms with van der Waals surface area (Å²) >= 11 is 0. The van der Waals surface area contributed by atoms with E-state index in [9.17, 15) is 0 Å². The molecule has 164 valence electrons. The second kappa shape index (κ2) is 16.3. The summed E-state index contributed by atoms with van der Waals surface area (Å²) in [6, 6.07) is 0. The third kappa shape index (κ3) is 10.3. The van der Waals surface area contributed by atoms with Crippen molar-refractivity contribution in [3.8, 4) is 0 Å². The Labute approximate surface area is 177 Å². The van der Waals surface area contributed by atoms with Gasteiger partial charge in [-0.15, -0.1) is 0 Å². The molecule has 0 spiro atoms. The number of piperidine rings is 1. The van der Waals surface area contributed by atoms with E-state index in [-0.39, 0.29) is 0 Å². The number of rotatable bonds is 17. The Balaban J connectivity index is 1.32. The molecule has 2 rings (SSSR count). The van der Waals surface area contributed by atoms with Crippen LogP contribution in [-0.2, 0) is 0 Å². The molecule has 0 N–H and O–H groups in total. The van der Waals surface area contributed by atoms with Crippen molar-refractivity contribution in [2.24, 2.45) is 10.9 Å². The fourth-order valence-electron chi connectivity index (χ4n) is 5.15. The lowest BCUT2D eigenvalue weighted by Crippen LogP contribution is -2.44. The van der Waals surface area contributed by atoms with Crippen LogP contribution < -0.4 is 0 Å². The Hall–Kier alpha value is -0.530. The number of amidine groups is 1. The highest BCUT2D eigenvalue weighted by Gasteiger charge is 2.27. The van der Waals surface area contributed by atoms with E-state index in [1.807, 2.05) is 0 Å². The van der Waals surface area contributed by atoms with Gasteiger partial charge in [0.15, 0.2) is 0 Å². The van der Waals surface area contributed by atoms with Crippen LogP contribution in [0.15, 0.2) is 4.99 Å². The van der Waals surface area contributed by atoms with Crippen LogP contribution in [0.5, 0.6) is 0 Å². The largest absolute Gasteiger partial charge is 0.360 e. The molecule has 0 saturated carbocycles. The summed E-state index contributed by atoms with van der Waals surface area (Å²) in [5, 5.41) is 0. The smallest absolute Gasteiger partial charge is 0.102 e. The summed E-state index contributed by atoms with van der Waals surface area (Å²) in [6.45, 7) is 5.93. The number of fused-ring (bicyclic) bond motifs is 1. The molecular formula is C26H50N2. The molecule has 2 aliphatic rings. The van der Waals surface area contributed by atoms with Gasteiger partial charge in [0.2, 0.25) is 0 Å². The van der Waals surface area contributed by atoms with Crippen LogP contribution in [0.25, 0.3) is 0 Å². The van der Waals surface area contributed by atoms with Gasteiger partial charge in [-0.05, 0) is 25.7 Å². The quantitative estimate of drug-likeness (QED) is 0.229. The Morgan fingerprint density at radius 2 is 1.18 bits per heavy atom. The summed E-state index contributed by atoms with van der Waals surface area (Å²) in [5.41, 5.74) is 0. The standard InChI is InChI=1S/C26H50N2/c1-2-3-4-5-6-7-8-9-10-11-12-13-14-15-16-17-20-25-21-18-23-28-24-19-22-27-26(25)28/h25H,2-24H2,1H3. The molecule has 2 heterocycles. The Bertz CT molecular complexity index is 390. The zero-order chi connectivity index (χ0) is 19.7. The highest BCUT2D eigenvalue weighted by atomic mass is 15.2. The summed E-state index contributed by atoms with van der Waals surface area (Å²) in [4.78, 5) is 7.45. The van der Waals surface area contributed by atoms with Gasteiger partial charge >= 0.3 is 0 Å². The molecule has 28 heavy (non-hydrogen) atoms. The number of nitrogens with zero attached hydrogens (tertiary/aromatic N) is 2. The minimum atomic E-state index is 0.792. The number of hydrogen-bond donors (Lipinski definition) is 0. The van der Waals surface area contributed by atoms with Crippen LogP contribution in [0.4, 0.5) is 0 Å². The van der Waals surface area contributed by atoms with Gasteiger partial charge in [0.1, 0.15) is 5.84 Å². The van der Waals surface area contributed by atoms with Crippen LogP contribution in [0.3, 0.4) is 0 Å². The molecule has 1 unspecified atom stereocenters. The highest BCUT2D eigenvalue weighted by Crippen LogP contribution is 2.26.